The van der Waals surface area contributed by atoms with Crippen molar-refractivity contribution < 1.29 is 0 Å². The third-order valence-corrected chi connectivity index (χ3v) is 3.25. The Morgan fingerprint density at radius 2 is 2.32 bits per heavy atom. The van der Waals surface area contributed by atoms with Crippen LogP contribution in [-0.4, -0.2) is 16.5 Å². The number of hydrogen-bond donors (Lipinski definition) is 4. The van der Waals surface area contributed by atoms with E-state index in [0.717, 1.165) is 15.8 Å². The number of hydrazone groups is 1. The van der Waals surface area contributed by atoms with E-state index in [-0.39, 0.29) is 11.5 Å². The summed E-state index contributed by atoms with van der Waals surface area (Å²) >= 11 is 1.41. The van der Waals surface area contributed by atoms with Crippen LogP contribution in [0.15, 0.2) is 17.2 Å². The lowest BCUT2D eigenvalue weighted by atomic mass is 10.2. The van der Waals surface area contributed by atoms with Crippen LogP contribution in [0.3, 0.4) is 0 Å². The summed E-state index contributed by atoms with van der Waals surface area (Å²) in [4.78, 5) is 4.17. The molecule has 19 heavy (non-hydrogen) atoms. The lowest BCUT2D eigenvalue weighted by molar-refractivity contribution is 1.30. The van der Waals surface area contributed by atoms with E-state index < -0.39 is 0 Å². The summed E-state index contributed by atoms with van der Waals surface area (Å²) in [6.07, 6.45) is 0. The molecule has 0 bridgehead atoms. The Balaban J connectivity index is 2.38. The van der Waals surface area contributed by atoms with Crippen LogP contribution >= 0.6 is 11.3 Å². The zero-order chi connectivity index (χ0) is 14.0. The molecule has 1 aromatic carbocycles. The van der Waals surface area contributed by atoms with Gasteiger partial charge in [0.15, 0.2) is 11.0 Å². The highest BCUT2D eigenvalue weighted by Crippen LogP contribution is 2.29. The monoisotopic (exact) mass is 273 g/mol. The number of aromatic nitrogens is 1. The van der Waals surface area contributed by atoms with E-state index in [0.29, 0.717) is 10.8 Å². The van der Waals surface area contributed by atoms with Gasteiger partial charge in [-0.1, -0.05) is 11.3 Å². The van der Waals surface area contributed by atoms with E-state index in [1.807, 2.05) is 13.0 Å². The van der Waals surface area contributed by atoms with E-state index in [4.69, 9.17) is 22.1 Å². The van der Waals surface area contributed by atoms with Gasteiger partial charge in [0.05, 0.1) is 15.9 Å². The Kier molecular flexibility index (Phi) is 3.31. The zero-order valence-electron chi connectivity index (χ0n) is 10.1. The van der Waals surface area contributed by atoms with Crippen molar-refractivity contribution in [3.8, 4) is 6.07 Å². The van der Waals surface area contributed by atoms with E-state index in [1.54, 1.807) is 12.1 Å². The third-order valence-electron chi connectivity index (χ3n) is 2.40. The molecule has 1 aromatic heterocycles. The first-order valence-electron chi connectivity index (χ1n) is 5.26. The number of benzene rings is 1. The Hall–Kier alpha value is -2.66. The smallest absolute Gasteiger partial charge is 0.201 e. The van der Waals surface area contributed by atoms with E-state index in [1.165, 1.54) is 11.3 Å². The van der Waals surface area contributed by atoms with Crippen LogP contribution in [0.1, 0.15) is 5.56 Å². The molecule has 6 N–H and O–H groups in total. The van der Waals surface area contributed by atoms with Gasteiger partial charge >= 0.3 is 0 Å². The molecule has 2 rings (SSSR count). The minimum absolute atomic E-state index is 0.169. The Morgan fingerprint density at radius 1 is 1.58 bits per heavy atom. The SMILES string of the molecule is Cc1cc2sc(N)nc2cc1N/N=C(\C#N)C(=N)N. The summed E-state index contributed by atoms with van der Waals surface area (Å²) < 4.78 is 0.983. The zero-order valence-corrected chi connectivity index (χ0v) is 10.9. The van der Waals surface area contributed by atoms with Crippen LogP contribution in [-0.2, 0) is 0 Å². The van der Waals surface area contributed by atoms with Crippen LogP contribution in [0.2, 0.25) is 0 Å². The standard InChI is InChI=1S/C11H11N7S/c1-5-2-9-7(16-11(15)19-9)3-6(5)17-18-8(4-12)10(13)14/h2-3,17H,1H3,(H3,13,14)(H2,15,16)/b18-8+. The lowest BCUT2D eigenvalue weighted by Crippen LogP contribution is -2.21. The lowest BCUT2D eigenvalue weighted by Gasteiger charge is -2.05. The largest absolute Gasteiger partial charge is 0.382 e. The number of amidine groups is 1. The van der Waals surface area contributed by atoms with E-state index >= 15 is 0 Å². The summed E-state index contributed by atoms with van der Waals surface area (Å²) in [5, 5.41) is 20.2. The van der Waals surface area contributed by atoms with Gasteiger partial charge in [-0.25, -0.2) is 4.98 Å². The molecule has 0 radical (unpaired) electrons. The minimum Gasteiger partial charge on any atom is -0.382 e. The summed E-state index contributed by atoms with van der Waals surface area (Å²) in [5.41, 5.74) is 15.8. The van der Waals surface area contributed by atoms with Crippen molar-refractivity contribution >= 4 is 43.9 Å². The molecule has 2 aromatic rings. The maximum Gasteiger partial charge on any atom is 0.201 e. The van der Waals surface area contributed by atoms with Gasteiger partial charge in [0.2, 0.25) is 5.71 Å². The van der Waals surface area contributed by atoms with Crippen LogP contribution < -0.4 is 16.9 Å². The van der Waals surface area contributed by atoms with Gasteiger partial charge in [-0.2, -0.15) is 10.4 Å². The molecule has 0 aliphatic carbocycles. The maximum absolute atomic E-state index is 8.75. The van der Waals surface area contributed by atoms with Crippen molar-refractivity contribution in [1.29, 1.82) is 10.7 Å². The first-order chi connectivity index (χ1) is 9.01. The highest BCUT2D eigenvalue weighted by atomic mass is 32.1. The highest BCUT2D eigenvalue weighted by molar-refractivity contribution is 7.22. The van der Waals surface area contributed by atoms with Crippen molar-refractivity contribution in [1.82, 2.24) is 4.98 Å². The number of nitrogens with two attached hydrogens (primary N) is 2. The first-order valence-corrected chi connectivity index (χ1v) is 6.07. The van der Waals surface area contributed by atoms with Gasteiger partial charge in [-0.05, 0) is 24.6 Å². The molecule has 8 heteroatoms. The van der Waals surface area contributed by atoms with Crippen LogP contribution in [0.5, 0.6) is 0 Å². The van der Waals surface area contributed by atoms with Crippen molar-refractivity contribution in [2.45, 2.75) is 6.92 Å². The second-order valence-electron chi connectivity index (χ2n) is 3.78. The van der Waals surface area contributed by atoms with Crippen LogP contribution in [0.25, 0.3) is 10.2 Å². The summed E-state index contributed by atoms with van der Waals surface area (Å²) in [6.45, 7) is 1.90. The van der Waals surface area contributed by atoms with Crippen molar-refractivity contribution in [2.75, 3.05) is 11.2 Å². The Morgan fingerprint density at radius 3 is 2.95 bits per heavy atom. The van der Waals surface area contributed by atoms with Gasteiger partial charge in [-0.3, -0.25) is 10.8 Å². The number of nitrogen functional groups attached to an aromatic ring is 1. The second kappa shape index (κ2) is 4.91. The normalized spacial score (nSPS) is 11.3. The molecular weight excluding hydrogens is 262 g/mol. The number of fused-ring (bicyclic) bond motifs is 1. The number of aryl methyl sites for hydroxylation is 1. The summed E-state index contributed by atoms with van der Waals surface area (Å²) in [7, 11) is 0. The molecule has 0 saturated heterocycles. The molecule has 0 fully saturated rings. The fourth-order valence-corrected chi connectivity index (χ4v) is 2.29. The predicted molar refractivity (Wildman–Crippen MR) is 77.4 cm³/mol. The number of thiazole rings is 1. The number of nitrogens with one attached hydrogen (secondary N) is 2. The molecule has 0 saturated carbocycles. The quantitative estimate of drug-likeness (QED) is 0.380. The number of nitrogens with zero attached hydrogens (tertiary/aromatic N) is 3. The van der Waals surface area contributed by atoms with Crippen LogP contribution in [0, 0.1) is 23.7 Å². The topological polar surface area (TPSA) is 137 Å². The number of rotatable bonds is 3. The average Bonchev–Trinajstić information content (AvgIpc) is 2.68. The Labute approximate surface area is 113 Å². The minimum atomic E-state index is -0.383. The number of anilines is 2. The molecule has 0 aliphatic rings. The van der Waals surface area contributed by atoms with Gasteiger partial charge in [0, 0.05) is 0 Å². The van der Waals surface area contributed by atoms with Gasteiger partial charge < -0.3 is 11.5 Å². The molecule has 0 amide bonds. The van der Waals surface area contributed by atoms with Gasteiger partial charge in [0.25, 0.3) is 0 Å². The fourth-order valence-electron chi connectivity index (χ4n) is 1.48. The second-order valence-corrected chi connectivity index (χ2v) is 4.85. The molecule has 0 spiro atoms. The molecule has 96 valence electrons. The summed E-state index contributed by atoms with van der Waals surface area (Å²) in [5.74, 6) is -0.383. The van der Waals surface area contributed by atoms with Crippen molar-refractivity contribution in [3.05, 3.63) is 17.7 Å². The van der Waals surface area contributed by atoms with E-state index in [9.17, 15) is 0 Å². The molecular formula is C11H11N7S. The highest BCUT2D eigenvalue weighted by Gasteiger charge is 2.06. The van der Waals surface area contributed by atoms with Gasteiger partial charge in [-0.15, -0.1) is 0 Å². The predicted octanol–water partition coefficient (Wildman–Crippen LogP) is 1.41. The molecule has 0 atom stereocenters. The third kappa shape index (κ3) is 2.61. The molecule has 1 heterocycles. The van der Waals surface area contributed by atoms with Crippen LogP contribution in [0.4, 0.5) is 10.8 Å². The van der Waals surface area contributed by atoms with E-state index in [2.05, 4.69) is 15.5 Å². The molecule has 0 unspecified atom stereocenters. The first kappa shape index (κ1) is 12.8. The maximum atomic E-state index is 8.75. The molecule has 0 aliphatic heterocycles. The fraction of sp³-hybridized carbons (Fsp3) is 0.0909. The molecule has 7 nitrogen and oxygen atoms in total. The van der Waals surface area contributed by atoms with Crippen molar-refractivity contribution in [2.24, 2.45) is 10.8 Å². The Bertz CT molecular complexity index is 722. The average molecular weight is 273 g/mol. The van der Waals surface area contributed by atoms with Crippen molar-refractivity contribution in [3.63, 3.8) is 0 Å². The number of hydrogen-bond acceptors (Lipinski definition) is 7. The number of nitriles is 1. The summed E-state index contributed by atoms with van der Waals surface area (Å²) in [6, 6.07) is 5.46. The van der Waals surface area contributed by atoms with Gasteiger partial charge in [0.1, 0.15) is 6.07 Å².